The van der Waals surface area contributed by atoms with Crippen LogP contribution in [0.2, 0.25) is 0 Å². The second kappa shape index (κ2) is 15.1. The molecule has 4 nitrogen and oxygen atoms in total. The molecular weight excluding hydrogens is 380 g/mol. The fourth-order valence-electron chi connectivity index (χ4n) is 3.31. The lowest BCUT2D eigenvalue weighted by Crippen LogP contribution is -1.98. The first kappa shape index (κ1) is 23.5. The third-order valence-electron chi connectivity index (χ3n) is 5.05. The number of nitrogens with zero attached hydrogens (tertiary/aromatic N) is 2. The van der Waals surface area contributed by atoms with Gasteiger partial charge in [-0.25, -0.2) is 9.97 Å². The molecular formula is C24H36N2O2S. The van der Waals surface area contributed by atoms with Gasteiger partial charge >= 0.3 is 0 Å². The number of carbonyl (C=O) groups is 1. The van der Waals surface area contributed by atoms with Gasteiger partial charge in [0.15, 0.2) is 10.8 Å². The van der Waals surface area contributed by atoms with E-state index in [1.165, 1.54) is 82.0 Å². The molecule has 0 radical (unpaired) electrons. The van der Waals surface area contributed by atoms with Crippen molar-refractivity contribution in [3.8, 4) is 10.8 Å². The first-order valence-corrected chi connectivity index (χ1v) is 12.2. The van der Waals surface area contributed by atoms with Crippen molar-refractivity contribution >= 4 is 17.1 Å². The molecule has 0 saturated carbocycles. The predicted octanol–water partition coefficient (Wildman–Crippen LogP) is 8.02. The summed E-state index contributed by atoms with van der Waals surface area (Å²) >= 11 is 1.48. The molecule has 0 bridgehead atoms. The molecule has 0 aliphatic carbocycles. The van der Waals surface area contributed by atoms with E-state index in [1.54, 1.807) is 12.4 Å². The minimum absolute atomic E-state index is 0.00886. The van der Waals surface area contributed by atoms with Crippen LogP contribution in [0.25, 0.3) is 10.8 Å². The molecule has 2 heterocycles. The normalized spacial score (nSPS) is 11.5. The number of rotatable bonds is 17. The van der Waals surface area contributed by atoms with Crippen molar-refractivity contribution in [2.75, 3.05) is 0 Å². The van der Waals surface area contributed by atoms with Gasteiger partial charge in [0, 0.05) is 18.0 Å². The Bertz CT molecular complexity index is 692. The molecule has 0 N–H and O–H groups in total. The van der Waals surface area contributed by atoms with Crippen LogP contribution in [0.3, 0.4) is 0 Å². The maximum Gasteiger partial charge on any atom is 0.263 e. The highest BCUT2D eigenvalue weighted by molar-refractivity contribution is 7.13. The third kappa shape index (κ3) is 10.0. The van der Waals surface area contributed by atoms with Crippen molar-refractivity contribution in [1.29, 1.82) is 0 Å². The Labute approximate surface area is 179 Å². The SMILES string of the molecule is CCCCCCCC/C=C\CCCCCCCC(=O)c1ncc(-c2nccs2)o1. The van der Waals surface area contributed by atoms with E-state index in [9.17, 15) is 4.79 Å². The first-order valence-electron chi connectivity index (χ1n) is 11.3. The number of allylic oxidation sites excluding steroid dienone is 2. The van der Waals surface area contributed by atoms with Crippen molar-refractivity contribution in [3.63, 3.8) is 0 Å². The standard InChI is InChI=1S/C24H36N2O2S/c1-2-3-4-5-6-7-8-9-10-11-12-13-14-15-16-17-21(27)23-26-20-22(28-23)24-25-18-19-29-24/h9-10,18-20H,2-8,11-17H2,1H3/b10-9-. The summed E-state index contributed by atoms with van der Waals surface area (Å²) in [7, 11) is 0. The van der Waals surface area contributed by atoms with Gasteiger partial charge in [-0.05, 0) is 32.1 Å². The molecule has 2 rings (SSSR count). The van der Waals surface area contributed by atoms with E-state index in [2.05, 4.69) is 29.0 Å². The van der Waals surface area contributed by atoms with Crippen LogP contribution in [0.1, 0.15) is 108 Å². The number of aromatic nitrogens is 2. The van der Waals surface area contributed by atoms with Gasteiger partial charge < -0.3 is 4.42 Å². The summed E-state index contributed by atoms with van der Waals surface area (Å²) in [6.07, 6.45) is 24.8. The number of Topliss-reactive ketones (excluding diaryl/α,β-unsaturated/α-hetero) is 1. The van der Waals surface area contributed by atoms with Gasteiger partial charge in [0.2, 0.25) is 5.78 Å². The Morgan fingerprint density at radius 3 is 2.24 bits per heavy atom. The largest absolute Gasteiger partial charge is 0.431 e. The zero-order valence-electron chi connectivity index (χ0n) is 17.9. The Kier molecular flexibility index (Phi) is 12.3. The number of carbonyl (C=O) groups excluding carboxylic acids is 1. The maximum atomic E-state index is 12.2. The summed E-state index contributed by atoms with van der Waals surface area (Å²) in [6, 6.07) is 0. The molecule has 0 fully saturated rings. The summed E-state index contributed by atoms with van der Waals surface area (Å²) in [5.41, 5.74) is 0. The van der Waals surface area contributed by atoms with Crippen LogP contribution in [0.15, 0.2) is 34.3 Å². The third-order valence-corrected chi connectivity index (χ3v) is 5.84. The van der Waals surface area contributed by atoms with Crippen LogP contribution in [-0.2, 0) is 0 Å². The minimum atomic E-state index is -0.00886. The van der Waals surface area contributed by atoms with Crippen LogP contribution in [0.4, 0.5) is 0 Å². The monoisotopic (exact) mass is 416 g/mol. The van der Waals surface area contributed by atoms with Gasteiger partial charge in [-0.3, -0.25) is 4.79 Å². The molecule has 0 aliphatic rings. The van der Waals surface area contributed by atoms with Gasteiger partial charge in [-0.2, -0.15) is 0 Å². The summed E-state index contributed by atoms with van der Waals surface area (Å²) in [4.78, 5) is 20.5. The minimum Gasteiger partial charge on any atom is -0.431 e. The Morgan fingerprint density at radius 2 is 1.59 bits per heavy atom. The van der Waals surface area contributed by atoms with E-state index >= 15 is 0 Å². The van der Waals surface area contributed by atoms with E-state index in [4.69, 9.17) is 4.42 Å². The molecule has 0 saturated heterocycles. The lowest BCUT2D eigenvalue weighted by Gasteiger charge is -2.00. The molecule has 0 aromatic carbocycles. The number of hydrogen-bond acceptors (Lipinski definition) is 5. The summed E-state index contributed by atoms with van der Waals surface area (Å²) < 4.78 is 5.54. The van der Waals surface area contributed by atoms with Crippen molar-refractivity contribution in [2.45, 2.75) is 96.8 Å². The lowest BCUT2D eigenvalue weighted by atomic mass is 10.1. The van der Waals surface area contributed by atoms with Crippen LogP contribution in [-0.4, -0.2) is 15.8 Å². The Hall–Kier alpha value is -1.75. The number of hydrogen-bond donors (Lipinski definition) is 0. The fourth-order valence-corrected chi connectivity index (χ4v) is 3.89. The Morgan fingerprint density at radius 1 is 0.931 bits per heavy atom. The predicted molar refractivity (Wildman–Crippen MR) is 121 cm³/mol. The molecule has 2 aromatic rings. The van der Waals surface area contributed by atoms with Gasteiger partial charge in [0.25, 0.3) is 5.89 Å². The zero-order valence-corrected chi connectivity index (χ0v) is 18.7. The lowest BCUT2D eigenvalue weighted by molar-refractivity contribution is 0.0946. The molecule has 0 spiro atoms. The maximum absolute atomic E-state index is 12.2. The molecule has 0 atom stereocenters. The highest BCUT2D eigenvalue weighted by Gasteiger charge is 2.14. The van der Waals surface area contributed by atoms with Crippen molar-refractivity contribution < 1.29 is 9.21 Å². The quantitative estimate of drug-likeness (QED) is 0.149. The van der Waals surface area contributed by atoms with E-state index in [0.29, 0.717) is 12.2 Å². The van der Waals surface area contributed by atoms with Crippen LogP contribution >= 0.6 is 11.3 Å². The molecule has 2 aromatic heterocycles. The molecule has 0 amide bonds. The molecule has 0 unspecified atom stereocenters. The van der Waals surface area contributed by atoms with Crippen LogP contribution in [0, 0.1) is 0 Å². The molecule has 0 aliphatic heterocycles. The second-order valence-electron chi connectivity index (χ2n) is 7.62. The number of ketones is 1. The molecule has 5 heteroatoms. The second-order valence-corrected chi connectivity index (χ2v) is 8.52. The Balaban J connectivity index is 1.42. The summed E-state index contributed by atoms with van der Waals surface area (Å²) in [5.74, 6) is 0.782. The van der Waals surface area contributed by atoms with E-state index in [-0.39, 0.29) is 11.7 Å². The van der Waals surface area contributed by atoms with E-state index < -0.39 is 0 Å². The van der Waals surface area contributed by atoms with Crippen LogP contribution < -0.4 is 0 Å². The van der Waals surface area contributed by atoms with Gasteiger partial charge in [0.05, 0.1) is 6.20 Å². The zero-order chi connectivity index (χ0) is 20.6. The average molecular weight is 417 g/mol. The van der Waals surface area contributed by atoms with Gasteiger partial charge in [0.1, 0.15) is 0 Å². The van der Waals surface area contributed by atoms with E-state index in [1.807, 2.05) is 5.38 Å². The van der Waals surface area contributed by atoms with E-state index in [0.717, 1.165) is 17.8 Å². The molecule has 29 heavy (non-hydrogen) atoms. The highest BCUT2D eigenvalue weighted by Crippen LogP contribution is 2.23. The summed E-state index contributed by atoms with van der Waals surface area (Å²) in [5, 5.41) is 2.64. The molecule has 160 valence electrons. The smallest absolute Gasteiger partial charge is 0.263 e. The van der Waals surface area contributed by atoms with Crippen molar-refractivity contribution in [3.05, 3.63) is 35.8 Å². The summed E-state index contributed by atoms with van der Waals surface area (Å²) in [6.45, 7) is 2.26. The van der Waals surface area contributed by atoms with Gasteiger partial charge in [-0.1, -0.05) is 70.4 Å². The highest BCUT2D eigenvalue weighted by atomic mass is 32.1. The number of oxazole rings is 1. The average Bonchev–Trinajstić information content (AvgIpc) is 3.42. The van der Waals surface area contributed by atoms with Crippen molar-refractivity contribution in [2.24, 2.45) is 0 Å². The number of thiazole rings is 1. The number of unbranched alkanes of at least 4 members (excludes halogenated alkanes) is 11. The fraction of sp³-hybridized carbons (Fsp3) is 0.625. The van der Waals surface area contributed by atoms with Gasteiger partial charge in [-0.15, -0.1) is 11.3 Å². The van der Waals surface area contributed by atoms with Crippen LogP contribution in [0.5, 0.6) is 0 Å². The van der Waals surface area contributed by atoms with Crippen molar-refractivity contribution in [1.82, 2.24) is 9.97 Å². The first-order chi connectivity index (χ1) is 14.3. The topological polar surface area (TPSA) is 56.0 Å².